The Bertz CT molecular complexity index is 1280. The summed E-state index contributed by atoms with van der Waals surface area (Å²) in [5.74, 6) is -1.25. The molecule has 37 heavy (non-hydrogen) atoms. The highest BCUT2D eigenvalue weighted by molar-refractivity contribution is 5.93. The van der Waals surface area contributed by atoms with E-state index in [0.717, 1.165) is 16.0 Å². The van der Waals surface area contributed by atoms with Crippen LogP contribution in [-0.4, -0.2) is 39.6 Å². The van der Waals surface area contributed by atoms with Gasteiger partial charge in [0.1, 0.15) is 11.5 Å². The van der Waals surface area contributed by atoms with Crippen LogP contribution in [0.4, 0.5) is 15.3 Å². The number of aromatic amines is 1. The van der Waals surface area contributed by atoms with Crippen LogP contribution in [-0.2, 0) is 11.3 Å². The molecular weight excluding hydrogens is 480 g/mol. The van der Waals surface area contributed by atoms with Crippen molar-refractivity contribution in [2.24, 2.45) is 5.92 Å². The molecule has 3 aromatic rings. The Morgan fingerprint density at radius 1 is 1.00 bits per heavy atom. The van der Waals surface area contributed by atoms with E-state index in [-0.39, 0.29) is 18.6 Å². The summed E-state index contributed by atoms with van der Waals surface area (Å²) in [6.07, 6.45) is 1.48. The lowest BCUT2D eigenvalue weighted by Crippen LogP contribution is -2.54. The predicted octanol–water partition coefficient (Wildman–Crippen LogP) is 2.95. The number of rotatable bonds is 10. The van der Waals surface area contributed by atoms with Crippen molar-refractivity contribution in [2.45, 2.75) is 20.4 Å². The van der Waals surface area contributed by atoms with E-state index in [0.29, 0.717) is 17.2 Å². The zero-order valence-electron chi connectivity index (χ0n) is 20.3. The molecular formula is C25H28N6O6. The summed E-state index contributed by atoms with van der Waals surface area (Å²) in [5, 5.41) is 11.9. The molecule has 0 aliphatic carbocycles. The van der Waals surface area contributed by atoms with E-state index in [1.165, 1.54) is 19.2 Å². The molecule has 0 bridgehead atoms. The smallest absolute Gasteiger partial charge is 0.341 e. The molecule has 0 radical (unpaired) electrons. The third-order valence-corrected chi connectivity index (χ3v) is 5.15. The van der Waals surface area contributed by atoms with Gasteiger partial charge >= 0.3 is 18.0 Å². The lowest BCUT2D eigenvalue weighted by molar-refractivity contribution is -0.141. The van der Waals surface area contributed by atoms with Crippen LogP contribution in [0.25, 0.3) is 0 Å². The number of hydrogen-bond donors (Lipinski definition) is 6. The number of pyridine rings is 1. The van der Waals surface area contributed by atoms with Gasteiger partial charge in [-0.25, -0.2) is 14.5 Å². The molecule has 12 heteroatoms. The van der Waals surface area contributed by atoms with Crippen LogP contribution in [0.15, 0.2) is 71.7 Å². The summed E-state index contributed by atoms with van der Waals surface area (Å²) in [4.78, 5) is 51.3. The number of amides is 4. The van der Waals surface area contributed by atoms with Crippen molar-refractivity contribution >= 4 is 23.7 Å². The van der Waals surface area contributed by atoms with E-state index in [1.54, 1.807) is 30.3 Å². The van der Waals surface area contributed by atoms with Gasteiger partial charge in [0.05, 0.1) is 11.6 Å². The van der Waals surface area contributed by atoms with Gasteiger partial charge in [-0.1, -0.05) is 36.8 Å². The molecule has 6 N–H and O–H groups in total. The first-order valence-corrected chi connectivity index (χ1v) is 11.3. The summed E-state index contributed by atoms with van der Waals surface area (Å²) in [6, 6.07) is 15.4. The summed E-state index contributed by atoms with van der Waals surface area (Å²) in [6.45, 7) is 3.18. The number of anilines is 1. The number of hydrazine groups is 2. The zero-order chi connectivity index (χ0) is 26.8. The molecule has 12 nitrogen and oxygen atoms in total. The maximum absolute atomic E-state index is 12.7. The second kappa shape index (κ2) is 12.7. The van der Waals surface area contributed by atoms with Crippen molar-refractivity contribution in [2.75, 3.05) is 12.0 Å². The third-order valence-electron chi connectivity index (χ3n) is 5.15. The minimum Gasteiger partial charge on any atom is -0.481 e. The predicted molar refractivity (Wildman–Crippen MR) is 136 cm³/mol. The number of aliphatic carboxylic acids is 1. The van der Waals surface area contributed by atoms with Crippen LogP contribution in [0.3, 0.4) is 0 Å². The van der Waals surface area contributed by atoms with Gasteiger partial charge in [-0.05, 0) is 42.8 Å². The van der Waals surface area contributed by atoms with Gasteiger partial charge in [0, 0.05) is 25.4 Å². The fourth-order valence-electron chi connectivity index (χ4n) is 3.04. The number of benzene rings is 2. The first-order chi connectivity index (χ1) is 17.7. The van der Waals surface area contributed by atoms with Crippen molar-refractivity contribution in [1.29, 1.82) is 0 Å². The van der Waals surface area contributed by atoms with Crippen LogP contribution in [0.5, 0.6) is 11.5 Å². The van der Waals surface area contributed by atoms with E-state index < -0.39 is 23.9 Å². The van der Waals surface area contributed by atoms with Crippen LogP contribution >= 0.6 is 0 Å². The number of ether oxygens (including phenoxy) is 1. The van der Waals surface area contributed by atoms with Gasteiger partial charge < -0.3 is 25.6 Å². The van der Waals surface area contributed by atoms with Crippen molar-refractivity contribution in [3.05, 3.63) is 88.3 Å². The SMILES string of the molecule is Cc1ccc(CNC(=O)N(C[C@H](C)C(=O)O)C(=O)NNNc2ccc(Oc3cc[nH]c(=O)c3)cc2)cc1. The Balaban J connectivity index is 1.54. The lowest BCUT2D eigenvalue weighted by Gasteiger charge is -2.23. The number of aromatic nitrogens is 1. The molecule has 194 valence electrons. The molecule has 1 aromatic heterocycles. The molecule has 1 heterocycles. The molecule has 0 spiro atoms. The minimum absolute atomic E-state index is 0.168. The van der Waals surface area contributed by atoms with Crippen LogP contribution in [0.1, 0.15) is 18.1 Å². The second-order valence-corrected chi connectivity index (χ2v) is 8.19. The van der Waals surface area contributed by atoms with Gasteiger partial charge in [-0.15, -0.1) is 5.53 Å². The van der Waals surface area contributed by atoms with Crippen LogP contribution in [0.2, 0.25) is 0 Å². The van der Waals surface area contributed by atoms with Gasteiger partial charge in [-0.3, -0.25) is 15.0 Å². The van der Waals surface area contributed by atoms with E-state index in [4.69, 9.17) is 4.74 Å². The number of carbonyl (C=O) groups excluding carboxylic acids is 2. The Hall–Kier alpha value is -4.84. The second-order valence-electron chi connectivity index (χ2n) is 8.19. The van der Waals surface area contributed by atoms with Gasteiger partial charge in [-0.2, -0.15) is 0 Å². The minimum atomic E-state index is -1.14. The molecule has 0 unspecified atom stereocenters. The molecule has 0 saturated heterocycles. The number of hydrogen-bond acceptors (Lipinski definition) is 7. The van der Waals surface area contributed by atoms with Crippen molar-refractivity contribution in [3.8, 4) is 11.5 Å². The first kappa shape index (κ1) is 26.8. The number of nitrogens with zero attached hydrogens (tertiary/aromatic N) is 1. The van der Waals surface area contributed by atoms with E-state index in [2.05, 4.69) is 26.7 Å². The molecule has 4 amide bonds. The summed E-state index contributed by atoms with van der Waals surface area (Å²) < 4.78 is 5.59. The number of H-pyrrole nitrogens is 1. The summed E-state index contributed by atoms with van der Waals surface area (Å²) in [7, 11) is 0. The number of carbonyl (C=O) groups is 3. The van der Waals surface area contributed by atoms with Crippen molar-refractivity contribution in [3.63, 3.8) is 0 Å². The Kier molecular flexibility index (Phi) is 9.22. The topological polar surface area (TPSA) is 165 Å². The Morgan fingerprint density at radius 3 is 2.35 bits per heavy atom. The fourth-order valence-corrected chi connectivity index (χ4v) is 3.04. The van der Waals surface area contributed by atoms with E-state index >= 15 is 0 Å². The average molecular weight is 509 g/mol. The van der Waals surface area contributed by atoms with Crippen LogP contribution < -0.4 is 32.0 Å². The van der Waals surface area contributed by atoms with Gasteiger partial charge in [0.2, 0.25) is 0 Å². The quantitative estimate of drug-likeness (QED) is 0.228. The number of carboxylic acid groups (broad SMARTS) is 1. The monoisotopic (exact) mass is 508 g/mol. The average Bonchev–Trinajstić information content (AvgIpc) is 2.87. The summed E-state index contributed by atoms with van der Waals surface area (Å²) in [5.41, 5.74) is 9.72. The highest BCUT2D eigenvalue weighted by Gasteiger charge is 2.26. The van der Waals surface area contributed by atoms with E-state index in [1.807, 2.05) is 31.2 Å². The van der Waals surface area contributed by atoms with Crippen molar-refractivity contribution in [1.82, 2.24) is 26.2 Å². The highest BCUT2D eigenvalue weighted by atomic mass is 16.5. The van der Waals surface area contributed by atoms with E-state index in [9.17, 15) is 24.3 Å². The Labute approximate surface area is 212 Å². The van der Waals surface area contributed by atoms with Gasteiger partial charge in [0.25, 0.3) is 5.56 Å². The number of carboxylic acids is 1. The van der Waals surface area contributed by atoms with Crippen LogP contribution in [0, 0.1) is 12.8 Å². The number of nitrogens with one attached hydrogen (secondary N) is 5. The third kappa shape index (κ3) is 8.40. The lowest BCUT2D eigenvalue weighted by atomic mass is 10.1. The molecule has 0 aliphatic rings. The molecule has 3 rings (SSSR count). The fraction of sp³-hybridized carbons (Fsp3) is 0.200. The molecule has 0 aliphatic heterocycles. The molecule has 1 atom stereocenters. The maximum Gasteiger partial charge on any atom is 0.341 e. The first-order valence-electron chi connectivity index (χ1n) is 11.3. The van der Waals surface area contributed by atoms with Crippen molar-refractivity contribution < 1.29 is 24.2 Å². The molecule has 2 aromatic carbocycles. The standard InChI is InChI=1S/C25H28N6O6/c1-16-3-5-18(6-4-16)14-27-24(35)31(15-17(2)23(33)34)25(36)29-30-28-19-7-9-20(10-8-19)37-21-11-12-26-22(32)13-21/h3-13,17,28,30H,14-15H2,1-2H3,(H,26,32)(H,27,35)(H,29,36)(H,33,34)/t17-/m0/s1. The molecule has 0 fully saturated rings. The summed E-state index contributed by atoms with van der Waals surface area (Å²) >= 11 is 0. The normalized spacial score (nSPS) is 11.2. The Morgan fingerprint density at radius 2 is 1.70 bits per heavy atom. The number of imide groups is 1. The zero-order valence-corrected chi connectivity index (χ0v) is 20.3. The highest BCUT2D eigenvalue weighted by Crippen LogP contribution is 2.21. The largest absolute Gasteiger partial charge is 0.481 e. The molecule has 0 saturated carbocycles. The number of urea groups is 2. The maximum atomic E-state index is 12.7. The number of aryl methyl sites for hydroxylation is 1. The van der Waals surface area contributed by atoms with Gasteiger partial charge in [0.15, 0.2) is 0 Å².